The van der Waals surface area contributed by atoms with Crippen LogP contribution in [0.2, 0.25) is 0 Å². The predicted molar refractivity (Wildman–Crippen MR) is 76.8 cm³/mol. The number of para-hydroxylation sites is 1. The average molecular weight is 442 g/mol. The van der Waals surface area contributed by atoms with Crippen molar-refractivity contribution in [2.75, 3.05) is 0 Å². The summed E-state index contributed by atoms with van der Waals surface area (Å²) < 4.78 is 117. The first kappa shape index (κ1) is 31.2. The van der Waals surface area contributed by atoms with Crippen LogP contribution in [0.15, 0.2) is 36.4 Å². The predicted octanol–water partition coefficient (Wildman–Crippen LogP) is 3.32. The molecule has 1 heterocycles. The molecule has 0 fully saturated rings. The van der Waals surface area contributed by atoms with E-state index in [-0.39, 0.29) is 51.4 Å². The molecule has 150 valence electrons. The van der Waals surface area contributed by atoms with Gasteiger partial charge in [0.25, 0.3) is 0 Å². The van der Waals surface area contributed by atoms with E-state index in [0.717, 1.165) is 11.2 Å². The van der Waals surface area contributed by atoms with Crippen molar-refractivity contribution in [3.63, 3.8) is 0 Å². The third-order valence-electron chi connectivity index (χ3n) is 1.66. The molecular formula is C10H8B3F12KN-3. The molecule has 0 aliphatic heterocycles. The second-order valence-corrected chi connectivity index (χ2v) is 3.98. The Balaban J connectivity index is -0.000000311. The summed E-state index contributed by atoms with van der Waals surface area (Å²) in [5.41, 5.74) is 1.84. The van der Waals surface area contributed by atoms with Gasteiger partial charge in [-0.25, -0.2) is 6.92 Å². The Morgan fingerprint density at radius 1 is 0.593 bits per heavy atom. The van der Waals surface area contributed by atoms with Gasteiger partial charge in [0.15, 0.2) is 0 Å². The molecule has 1 aromatic heterocycles. The van der Waals surface area contributed by atoms with E-state index in [4.69, 9.17) is 0 Å². The van der Waals surface area contributed by atoms with Crippen molar-refractivity contribution in [2.45, 2.75) is 0 Å². The van der Waals surface area contributed by atoms with Crippen LogP contribution < -0.4 is 51.4 Å². The molecule has 0 amide bonds. The Morgan fingerprint density at radius 2 is 0.926 bits per heavy atom. The van der Waals surface area contributed by atoms with Crippen LogP contribution in [0.3, 0.4) is 0 Å². The van der Waals surface area contributed by atoms with E-state index in [1.807, 2.05) is 36.4 Å². The minimum Gasteiger partial charge on any atom is -0.418 e. The second kappa shape index (κ2) is 13.6. The van der Waals surface area contributed by atoms with Crippen molar-refractivity contribution >= 4 is 32.7 Å². The molecule has 0 atom stereocenters. The minimum absolute atomic E-state index is 0. The van der Waals surface area contributed by atoms with Gasteiger partial charge in [0.2, 0.25) is 0 Å². The number of nitrogens with zero attached hydrogens (tertiary/aromatic N) is 1. The van der Waals surface area contributed by atoms with Crippen molar-refractivity contribution in [1.82, 2.24) is 4.98 Å². The topological polar surface area (TPSA) is 12.9 Å². The molecule has 2 rings (SSSR count). The average Bonchev–Trinajstić information content (AvgIpc) is 2.32. The molecule has 1 nitrogen and oxygen atoms in total. The molecule has 0 bridgehead atoms. The molecule has 0 radical (unpaired) electrons. The number of halogens is 12. The molecule has 17 heteroatoms. The van der Waals surface area contributed by atoms with E-state index in [1.54, 1.807) is 0 Å². The number of benzene rings is 1. The van der Waals surface area contributed by atoms with Gasteiger partial charge in [-0.15, -0.1) is 11.8 Å². The van der Waals surface area contributed by atoms with Crippen molar-refractivity contribution in [3.05, 3.63) is 49.0 Å². The number of hydrogen-bond donors (Lipinski definition) is 0. The largest absolute Gasteiger partial charge is 1.00 e. The number of hydrogen-bond acceptors (Lipinski definition) is 1. The van der Waals surface area contributed by atoms with Crippen molar-refractivity contribution in [1.29, 1.82) is 0 Å². The Morgan fingerprint density at radius 3 is 1.30 bits per heavy atom. The van der Waals surface area contributed by atoms with Crippen molar-refractivity contribution in [2.24, 2.45) is 0 Å². The Kier molecular flexibility index (Phi) is 15.7. The minimum atomic E-state index is -6.00. The second-order valence-electron chi connectivity index (χ2n) is 3.98. The smallest absolute Gasteiger partial charge is 0.418 e. The fraction of sp³-hybridized carbons (Fsp3) is 0. The maximum Gasteiger partial charge on any atom is 1.00 e. The van der Waals surface area contributed by atoms with E-state index in [2.05, 4.69) is 11.9 Å². The van der Waals surface area contributed by atoms with Crippen LogP contribution in [0.25, 0.3) is 10.9 Å². The van der Waals surface area contributed by atoms with Crippen LogP contribution >= 0.6 is 0 Å². The molecule has 0 N–H and O–H groups in total. The Bertz CT molecular complexity index is 599. The van der Waals surface area contributed by atoms with Crippen LogP contribution in [0.1, 0.15) is 5.69 Å². The number of rotatable bonds is 0. The van der Waals surface area contributed by atoms with Crippen LogP contribution in [-0.2, 0) is 0 Å². The summed E-state index contributed by atoms with van der Waals surface area (Å²) >= 11 is 0. The summed E-state index contributed by atoms with van der Waals surface area (Å²) in [4.78, 5) is 4.26. The maximum atomic E-state index is 9.75. The van der Waals surface area contributed by atoms with Crippen molar-refractivity contribution < 1.29 is 103 Å². The summed E-state index contributed by atoms with van der Waals surface area (Å²) in [5, 5.41) is 1.17. The molecule has 0 aliphatic carbocycles. The maximum absolute atomic E-state index is 9.75. The quantitative estimate of drug-likeness (QED) is 0.347. The van der Waals surface area contributed by atoms with E-state index >= 15 is 0 Å². The van der Waals surface area contributed by atoms with Gasteiger partial charge >= 0.3 is 73.1 Å². The number of pyridine rings is 1. The van der Waals surface area contributed by atoms with Gasteiger partial charge in [-0.2, -0.15) is 6.07 Å². The zero-order chi connectivity index (χ0) is 21.2. The molecule has 2 aromatic rings. The molecule has 0 aliphatic rings. The summed E-state index contributed by atoms with van der Waals surface area (Å²) in [5.74, 6) is 0. The zero-order valence-electron chi connectivity index (χ0n) is 13.4. The van der Waals surface area contributed by atoms with E-state index in [0.29, 0.717) is 0 Å². The first-order valence-corrected chi connectivity index (χ1v) is 6.16. The number of fused-ring (bicyclic) bond motifs is 1. The molecular weight excluding hydrogens is 434 g/mol. The summed E-state index contributed by atoms with van der Waals surface area (Å²) in [6.45, 7) is 3.76. The monoisotopic (exact) mass is 442 g/mol. The molecule has 0 saturated carbocycles. The van der Waals surface area contributed by atoms with Crippen LogP contribution in [0.4, 0.5) is 51.8 Å². The molecule has 1 aromatic carbocycles. The van der Waals surface area contributed by atoms with Gasteiger partial charge in [-0.1, -0.05) is 18.2 Å². The molecule has 0 unspecified atom stereocenters. The fourth-order valence-corrected chi connectivity index (χ4v) is 1.11. The molecule has 0 spiro atoms. The van der Waals surface area contributed by atoms with E-state index in [1.165, 1.54) is 5.39 Å². The van der Waals surface area contributed by atoms with Crippen molar-refractivity contribution in [3.8, 4) is 0 Å². The molecule has 0 saturated heterocycles. The van der Waals surface area contributed by atoms with Gasteiger partial charge in [0.05, 0.1) is 5.52 Å². The summed E-state index contributed by atoms with van der Waals surface area (Å²) in [7, 11) is -18.0. The first-order chi connectivity index (χ1) is 11.4. The van der Waals surface area contributed by atoms with Gasteiger partial charge in [0.1, 0.15) is 0 Å². The summed E-state index contributed by atoms with van der Waals surface area (Å²) in [6.07, 6.45) is 0. The standard InChI is InChI=1S/C10H8N.3BF4.K/c1-8-6-7-9-4-2-3-5-10(9)11-8;3*2-1(3,4)5;/h2-7H,1H2;;;;/q4*-1;+1. The first-order valence-electron chi connectivity index (χ1n) is 6.16. The number of aromatic nitrogens is 1. The zero-order valence-corrected chi connectivity index (χ0v) is 16.5. The Hall–Kier alpha value is -0.509. The summed E-state index contributed by atoms with van der Waals surface area (Å²) in [6, 6.07) is 12.0. The van der Waals surface area contributed by atoms with Gasteiger partial charge in [-0.05, 0) is 11.5 Å². The normalized spacial score (nSPS) is 10.8. The van der Waals surface area contributed by atoms with E-state index in [9.17, 15) is 51.8 Å². The van der Waals surface area contributed by atoms with Crippen LogP contribution in [-0.4, -0.2) is 26.7 Å². The Labute approximate surface area is 188 Å². The van der Waals surface area contributed by atoms with Crippen LogP contribution in [0.5, 0.6) is 0 Å². The van der Waals surface area contributed by atoms with Crippen LogP contribution in [0, 0.1) is 6.92 Å². The fourth-order valence-electron chi connectivity index (χ4n) is 1.11. The SMILES string of the molecule is F[B-](F)(F)F.F[B-](F)(F)F.F[B-](F)(F)F.[CH2-]c1ccc2ccccc2n1.[K+]. The van der Waals surface area contributed by atoms with Gasteiger partial charge in [-0.3, -0.25) is 4.98 Å². The van der Waals surface area contributed by atoms with E-state index < -0.39 is 21.8 Å². The van der Waals surface area contributed by atoms with Gasteiger partial charge in [0, 0.05) is 0 Å². The van der Waals surface area contributed by atoms with Gasteiger partial charge < -0.3 is 51.8 Å². The third kappa shape index (κ3) is 37.0. The third-order valence-corrected chi connectivity index (χ3v) is 1.66. The molecule has 27 heavy (non-hydrogen) atoms.